The van der Waals surface area contributed by atoms with Gasteiger partial charge < -0.3 is 10.2 Å². The molecule has 3 N–H and O–H groups in total. The summed E-state index contributed by atoms with van der Waals surface area (Å²) in [5.41, 5.74) is 0.578. The minimum atomic E-state index is -4.34. The van der Waals surface area contributed by atoms with Gasteiger partial charge in [-0.25, -0.2) is 4.98 Å². The molecule has 30 heavy (non-hydrogen) atoms. The molecule has 5 nitrogen and oxygen atoms in total. The van der Waals surface area contributed by atoms with Crippen molar-refractivity contribution in [2.45, 2.75) is 32.0 Å². The second-order valence-electron chi connectivity index (χ2n) is 7.87. The zero-order valence-corrected chi connectivity index (χ0v) is 17.1. The van der Waals surface area contributed by atoms with Gasteiger partial charge in [0.15, 0.2) is 6.54 Å². The van der Waals surface area contributed by atoms with Crippen LogP contribution in [0.1, 0.15) is 24.5 Å². The molecule has 8 heteroatoms. The first kappa shape index (κ1) is 22.1. The zero-order valence-electron chi connectivity index (χ0n) is 17.1. The first-order valence-corrected chi connectivity index (χ1v) is 10.3. The fraction of sp³-hybridized carbons (Fsp3) is 0.455. The van der Waals surface area contributed by atoms with Crippen molar-refractivity contribution in [3.05, 3.63) is 59.8 Å². The van der Waals surface area contributed by atoms with E-state index in [1.54, 1.807) is 0 Å². The molecule has 0 bridgehead atoms. The second kappa shape index (κ2) is 9.93. The molecule has 0 unspecified atom stereocenters. The van der Waals surface area contributed by atoms with Gasteiger partial charge in [-0.15, -0.1) is 0 Å². The van der Waals surface area contributed by atoms with Gasteiger partial charge in [0.25, 0.3) is 11.7 Å². The first-order chi connectivity index (χ1) is 14.3. The summed E-state index contributed by atoms with van der Waals surface area (Å²) in [6.07, 6.45) is -1.53. The number of carbonyl (C=O) groups is 1. The number of aromatic nitrogens is 1. The van der Waals surface area contributed by atoms with Crippen LogP contribution in [-0.2, 0) is 17.4 Å². The lowest BCUT2D eigenvalue weighted by molar-refractivity contribution is -0.892. The fourth-order valence-electron chi connectivity index (χ4n) is 3.68. The highest BCUT2D eigenvalue weighted by Crippen LogP contribution is 2.28. The number of carbonyl (C=O) groups excluding carboxylic acids is 1. The van der Waals surface area contributed by atoms with Gasteiger partial charge >= 0.3 is 6.18 Å². The van der Waals surface area contributed by atoms with Gasteiger partial charge in [-0.1, -0.05) is 30.3 Å². The normalized spacial score (nSPS) is 16.3. The van der Waals surface area contributed by atoms with Crippen molar-refractivity contribution in [2.75, 3.05) is 37.6 Å². The molecule has 1 aliphatic heterocycles. The molecule has 1 aromatic heterocycles. The predicted octanol–water partition coefficient (Wildman–Crippen LogP) is 1.36. The Morgan fingerprint density at radius 2 is 1.87 bits per heavy atom. The summed E-state index contributed by atoms with van der Waals surface area (Å²) in [5, 5.41) is 3.07. The minimum absolute atomic E-state index is 0.0418. The summed E-state index contributed by atoms with van der Waals surface area (Å²) in [6.45, 7) is 5.35. The molecule has 1 atom stereocenters. The number of hydrogen-bond acceptors (Lipinski definition) is 2. The van der Waals surface area contributed by atoms with Crippen LogP contribution in [0.5, 0.6) is 0 Å². The van der Waals surface area contributed by atoms with E-state index < -0.39 is 11.7 Å². The Morgan fingerprint density at radius 3 is 2.47 bits per heavy atom. The number of hydrogen-bond donors (Lipinski definition) is 2. The molecule has 1 saturated heterocycles. The Balaban J connectivity index is 1.39. The monoisotopic (exact) mass is 422 g/mol. The average molecular weight is 422 g/mol. The Kier molecular flexibility index (Phi) is 7.31. The number of amides is 1. The van der Waals surface area contributed by atoms with Crippen molar-refractivity contribution in [1.29, 1.82) is 0 Å². The Labute approximate surface area is 174 Å². The topological polar surface area (TPSA) is 50.9 Å². The number of benzene rings is 1. The molecule has 3 rings (SSSR count). The van der Waals surface area contributed by atoms with Gasteiger partial charge in [0.05, 0.1) is 5.56 Å². The van der Waals surface area contributed by atoms with E-state index in [0.717, 1.165) is 38.2 Å². The molecule has 1 fully saturated rings. The number of nitrogens with zero attached hydrogens (tertiary/aromatic N) is 1. The summed E-state index contributed by atoms with van der Waals surface area (Å²) >= 11 is 0. The molecule has 0 spiro atoms. The molecule has 0 saturated carbocycles. The number of pyridine rings is 1. The standard InChI is InChI=1S/C22H27F3N4O/c1-17(7-8-18-5-3-2-4-6-18)27-21(30)16-28-11-13-29(14-12-28)20-10-9-19(15-26-20)22(23,24)25/h2-6,9-10,15,17H,7-8,11-14,16H2,1H3,(H,27,30)/p+2/t17-/m1/s1. The number of aryl methyl sites for hydroxylation is 1. The lowest BCUT2D eigenvalue weighted by Crippen LogP contribution is -3.16. The van der Waals surface area contributed by atoms with Gasteiger partial charge in [0.2, 0.25) is 0 Å². The van der Waals surface area contributed by atoms with Crippen LogP contribution in [0, 0.1) is 0 Å². The summed E-state index contributed by atoms with van der Waals surface area (Å²) in [6, 6.07) is 12.9. The number of anilines is 1. The zero-order chi connectivity index (χ0) is 21.6. The van der Waals surface area contributed by atoms with E-state index in [2.05, 4.69) is 22.4 Å². The second-order valence-corrected chi connectivity index (χ2v) is 7.87. The van der Waals surface area contributed by atoms with Gasteiger partial charge in [-0.05, 0) is 31.4 Å². The predicted molar refractivity (Wildman–Crippen MR) is 108 cm³/mol. The molecule has 0 aliphatic carbocycles. The van der Waals surface area contributed by atoms with E-state index in [0.29, 0.717) is 25.5 Å². The third-order valence-corrected chi connectivity index (χ3v) is 5.46. The minimum Gasteiger partial charge on any atom is -0.349 e. The summed E-state index contributed by atoms with van der Waals surface area (Å²) < 4.78 is 38.1. The lowest BCUT2D eigenvalue weighted by atomic mass is 10.1. The molecule has 2 aromatic rings. The largest absolute Gasteiger partial charge is 0.419 e. The summed E-state index contributed by atoms with van der Waals surface area (Å²) in [5.74, 6) is 0.709. The molecule has 2 heterocycles. The maximum absolute atomic E-state index is 12.7. The summed E-state index contributed by atoms with van der Waals surface area (Å²) in [4.78, 5) is 18.3. The maximum Gasteiger partial charge on any atom is 0.419 e. The van der Waals surface area contributed by atoms with E-state index in [9.17, 15) is 18.0 Å². The van der Waals surface area contributed by atoms with Gasteiger partial charge in [-0.3, -0.25) is 9.69 Å². The van der Waals surface area contributed by atoms with Gasteiger partial charge in [0, 0.05) is 12.1 Å². The molecule has 1 aliphatic rings. The van der Waals surface area contributed by atoms with Crippen LogP contribution in [0.3, 0.4) is 0 Å². The third kappa shape index (κ3) is 6.45. The number of halogens is 3. The SMILES string of the molecule is C[C@H](CCc1ccccc1)NC(=O)C[NH+]1CCN(c2ccc(C(F)(F)F)c[nH+]2)CC1. The van der Waals surface area contributed by atoms with Crippen LogP contribution in [0.2, 0.25) is 0 Å². The molecule has 1 amide bonds. The summed E-state index contributed by atoms with van der Waals surface area (Å²) in [7, 11) is 0. The van der Waals surface area contributed by atoms with E-state index in [-0.39, 0.29) is 11.9 Å². The number of quaternary nitrogens is 1. The third-order valence-electron chi connectivity index (χ3n) is 5.46. The van der Waals surface area contributed by atoms with E-state index >= 15 is 0 Å². The maximum atomic E-state index is 12.7. The van der Waals surface area contributed by atoms with Crippen molar-refractivity contribution >= 4 is 11.7 Å². The number of rotatable bonds is 7. The van der Waals surface area contributed by atoms with E-state index in [4.69, 9.17) is 0 Å². The molecular weight excluding hydrogens is 393 g/mol. The Morgan fingerprint density at radius 1 is 1.17 bits per heavy atom. The molecule has 1 aromatic carbocycles. The highest BCUT2D eigenvalue weighted by Gasteiger charge is 2.33. The van der Waals surface area contributed by atoms with Crippen LogP contribution in [0.25, 0.3) is 0 Å². The first-order valence-electron chi connectivity index (χ1n) is 10.3. The Hall–Kier alpha value is -2.61. The van der Waals surface area contributed by atoms with Crippen LogP contribution in [0.15, 0.2) is 48.7 Å². The molecule has 0 radical (unpaired) electrons. The average Bonchev–Trinajstić information content (AvgIpc) is 2.73. The Bertz CT molecular complexity index is 803. The fourth-order valence-corrected chi connectivity index (χ4v) is 3.68. The highest BCUT2D eigenvalue weighted by molar-refractivity contribution is 5.77. The van der Waals surface area contributed by atoms with Crippen molar-refractivity contribution in [3.8, 4) is 0 Å². The van der Waals surface area contributed by atoms with Crippen LogP contribution in [-0.4, -0.2) is 44.7 Å². The number of aromatic amines is 1. The van der Waals surface area contributed by atoms with Crippen molar-refractivity contribution in [1.82, 2.24) is 5.32 Å². The van der Waals surface area contributed by atoms with Crippen molar-refractivity contribution in [2.24, 2.45) is 0 Å². The number of piperazine rings is 1. The highest BCUT2D eigenvalue weighted by atomic mass is 19.4. The molecule has 162 valence electrons. The van der Waals surface area contributed by atoms with E-state index in [1.807, 2.05) is 30.0 Å². The molecular formula is C22H29F3N4O+2. The van der Waals surface area contributed by atoms with Crippen LogP contribution < -0.4 is 20.1 Å². The van der Waals surface area contributed by atoms with Crippen LogP contribution >= 0.6 is 0 Å². The van der Waals surface area contributed by atoms with Crippen molar-refractivity contribution in [3.63, 3.8) is 0 Å². The van der Waals surface area contributed by atoms with E-state index in [1.165, 1.54) is 16.5 Å². The van der Waals surface area contributed by atoms with Crippen molar-refractivity contribution < 1.29 is 27.8 Å². The number of alkyl halides is 3. The lowest BCUT2D eigenvalue weighted by Gasteiger charge is -2.28. The van der Waals surface area contributed by atoms with Crippen LogP contribution in [0.4, 0.5) is 19.0 Å². The number of H-pyrrole nitrogens is 1. The van der Waals surface area contributed by atoms with Gasteiger partial charge in [-0.2, -0.15) is 13.2 Å². The van der Waals surface area contributed by atoms with Gasteiger partial charge in [0.1, 0.15) is 32.4 Å². The number of nitrogens with one attached hydrogen (secondary N) is 3. The quantitative estimate of drug-likeness (QED) is 0.708. The smallest absolute Gasteiger partial charge is 0.349 e.